The van der Waals surface area contributed by atoms with Gasteiger partial charge in [0.2, 0.25) is 0 Å². The first-order valence-corrected chi connectivity index (χ1v) is 10.2. The molecule has 8 heteroatoms. The van der Waals surface area contributed by atoms with Crippen LogP contribution in [0.25, 0.3) is 0 Å². The number of methoxy groups -OCH3 is 1. The van der Waals surface area contributed by atoms with Crippen molar-refractivity contribution in [1.82, 2.24) is 10.2 Å². The third-order valence-corrected chi connectivity index (χ3v) is 4.60. The summed E-state index contributed by atoms with van der Waals surface area (Å²) >= 11 is 0. The second kappa shape index (κ2) is 15.7. The standard InChI is InChI=1S/C21H34FN3O3.HI/c1-3-23-21(25-12-10-18(16-25)17-27-15-14-26-2)24-11-4-5-13-28-20-8-6-19(22)7-9-20;/h6-9,18H,3-5,10-17H2,1-2H3,(H,23,24);1H. The molecule has 0 radical (unpaired) electrons. The van der Waals surface area contributed by atoms with E-state index in [4.69, 9.17) is 19.2 Å². The van der Waals surface area contributed by atoms with Crippen LogP contribution < -0.4 is 10.1 Å². The molecule has 1 aromatic rings. The highest BCUT2D eigenvalue weighted by molar-refractivity contribution is 14.0. The van der Waals surface area contributed by atoms with Crippen molar-refractivity contribution in [2.75, 3.05) is 59.7 Å². The smallest absolute Gasteiger partial charge is 0.193 e. The van der Waals surface area contributed by atoms with Crippen molar-refractivity contribution < 1.29 is 18.6 Å². The number of ether oxygens (including phenoxy) is 3. The van der Waals surface area contributed by atoms with Gasteiger partial charge in [-0.1, -0.05) is 0 Å². The number of nitrogens with one attached hydrogen (secondary N) is 1. The number of hydrogen-bond donors (Lipinski definition) is 1. The molecule has 1 heterocycles. The van der Waals surface area contributed by atoms with Gasteiger partial charge in [0.05, 0.1) is 26.4 Å². The highest BCUT2D eigenvalue weighted by atomic mass is 127. The lowest BCUT2D eigenvalue weighted by molar-refractivity contribution is 0.0536. The van der Waals surface area contributed by atoms with E-state index in [0.29, 0.717) is 31.5 Å². The maximum atomic E-state index is 12.9. The van der Waals surface area contributed by atoms with Gasteiger partial charge in [0.25, 0.3) is 0 Å². The molecule has 6 nitrogen and oxygen atoms in total. The molecule has 166 valence electrons. The first-order valence-electron chi connectivity index (χ1n) is 10.2. The summed E-state index contributed by atoms with van der Waals surface area (Å²) in [6.07, 6.45) is 2.99. The van der Waals surface area contributed by atoms with Gasteiger partial charge in [-0.05, 0) is 50.5 Å². The van der Waals surface area contributed by atoms with Crippen molar-refractivity contribution in [2.24, 2.45) is 10.9 Å². The molecule has 1 aliphatic heterocycles. The normalized spacial score (nSPS) is 16.6. The van der Waals surface area contributed by atoms with Crippen molar-refractivity contribution in [2.45, 2.75) is 26.2 Å². The minimum Gasteiger partial charge on any atom is -0.494 e. The molecule has 0 saturated carbocycles. The third kappa shape index (κ3) is 10.5. The Morgan fingerprint density at radius 1 is 1.21 bits per heavy atom. The highest BCUT2D eigenvalue weighted by Crippen LogP contribution is 2.17. The highest BCUT2D eigenvalue weighted by Gasteiger charge is 2.24. The monoisotopic (exact) mass is 523 g/mol. The van der Waals surface area contributed by atoms with Crippen LogP contribution in [0.2, 0.25) is 0 Å². The Kier molecular flexibility index (Phi) is 14.0. The van der Waals surface area contributed by atoms with E-state index in [1.165, 1.54) is 12.1 Å². The summed E-state index contributed by atoms with van der Waals surface area (Å²) in [5.41, 5.74) is 0. The SMILES string of the molecule is CCNC(=NCCCCOc1ccc(F)cc1)N1CCC(COCCOC)C1.I. The third-order valence-electron chi connectivity index (χ3n) is 4.60. The zero-order valence-electron chi connectivity index (χ0n) is 17.6. The lowest BCUT2D eigenvalue weighted by atomic mass is 10.1. The first kappa shape index (κ1) is 25.9. The largest absolute Gasteiger partial charge is 0.494 e. The fourth-order valence-corrected chi connectivity index (χ4v) is 3.10. The molecular weight excluding hydrogens is 488 g/mol. The fourth-order valence-electron chi connectivity index (χ4n) is 3.10. The van der Waals surface area contributed by atoms with Crippen LogP contribution in [0.3, 0.4) is 0 Å². The number of rotatable bonds is 12. The van der Waals surface area contributed by atoms with Crippen molar-refractivity contribution >= 4 is 29.9 Å². The molecular formula is C21H35FIN3O3. The number of aliphatic imine (C=N–C) groups is 1. The van der Waals surface area contributed by atoms with Gasteiger partial charge in [0.1, 0.15) is 11.6 Å². The van der Waals surface area contributed by atoms with E-state index in [0.717, 1.165) is 58.0 Å². The van der Waals surface area contributed by atoms with Gasteiger partial charge in [-0.25, -0.2) is 4.39 Å². The summed E-state index contributed by atoms with van der Waals surface area (Å²) in [4.78, 5) is 7.08. The molecule has 2 rings (SSSR count). The van der Waals surface area contributed by atoms with Crippen LogP contribution in [0, 0.1) is 11.7 Å². The predicted molar refractivity (Wildman–Crippen MR) is 125 cm³/mol. The summed E-state index contributed by atoms with van der Waals surface area (Å²) in [7, 11) is 1.69. The Hall–Kier alpha value is -1.13. The van der Waals surface area contributed by atoms with Gasteiger partial charge in [-0.15, -0.1) is 24.0 Å². The van der Waals surface area contributed by atoms with Crippen LogP contribution in [-0.2, 0) is 9.47 Å². The maximum Gasteiger partial charge on any atom is 0.193 e. The van der Waals surface area contributed by atoms with E-state index in [-0.39, 0.29) is 29.8 Å². The molecule has 0 amide bonds. The zero-order valence-corrected chi connectivity index (χ0v) is 19.9. The molecule has 1 aromatic carbocycles. The Bertz CT molecular complexity index is 575. The van der Waals surface area contributed by atoms with E-state index in [2.05, 4.69) is 17.1 Å². The van der Waals surface area contributed by atoms with Crippen LogP contribution in [-0.4, -0.2) is 70.6 Å². The molecule has 1 fully saturated rings. The second-order valence-electron chi connectivity index (χ2n) is 6.91. The molecule has 0 aromatic heterocycles. The van der Waals surface area contributed by atoms with Crippen LogP contribution >= 0.6 is 24.0 Å². The quantitative estimate of drug-likeness (QED) is 0.197. The molecule has 0 bridgehead atoms. The van der Waals surface area contributed by atoms with Gasteiger partial charge >= 0.3 is 0 Å². The first-order chi connectivity index (χ1) is 13.7. The molecule has 1 unspecified atom stereocenters. The van der Waals surface area contributed by atoms with E-state index in [1.807, 2.05) is 0 Å². The minimum atomic E-state index is -0.247. The van der Waals surface area contributed by atoms with Crippen LogP contribution in [0.1, 0.15) is 26.2 Å². The Morgan fingerprint density at radius 2 is 2.00 bits per heavy atom. The maximum absolute atomic E-state index is 12.9. The van der Waals surface area contributed by atoms with Gasteiger partial charge in [0.15, 0.2) is 5.96 Å². The van der Waals surface area contributed by atoms with Crippen LogP contribution in [0.5, 0.6) is 5.75 Å². The van der Waals surface area contributed by atoms with Crippen molar-refractivity contribution in [3.05, 3.63) is 30.1 Å². The van der Waals surface area contributed by atoms with E-state index >= 15 is 0 Å². The Morgan fingerprint density at radius 3 is 2.72 bits per heavy atom. The number of guanidine groups is 1. The summed E-state index contributed by atoms with van der Waals surface area (Å²) < 4.78 is 29.2. The molecule has 1 N–H and O–H groups in total. The summed E-state index contributed by atoms with van der Waals surface area (Å²) in [5, 5.41) is 3.39. The zero-order chi connectivity index (χ0) is 20.0. The van der Waals surface area contributed by atoms with Crippen LogP contribution in [0.4, 0.5) is 4.39 Å². The number of nitrogens with zero attached hydrogens (tertiary/aromatic N) is 2. The van der Waals surface area contributed by atoms with Crippen LogP contribution in [0.15, 0.2) is 29.3 Å². The summed E-state index contributed by atoms with van der Waals surface area (Å²) in [6.45, 7) is 8.39. The van der Waals surface area contributed by atoms with Gasteiger partial charge in [-0.2, -0.15) is 0 Å². The summed E-state index contributed by atoms with van der Waals surface area (Å²) in [6, 6.07) is 6.13. The molecule has 0 aliphatic carbocycles. The van der Waals surface area contributed by atoms with E-state index < -0.39 is 0 Å². The Labute approximate surface area is 191 Å². The number of halogens is 2. The fraction of sp³-hybridized carbons (Fsp3) is 0.667. The lowest BCUT2D eigenvalue weighted by Crippen LogP contribution is -2.40. The predicted octanol–water partition coefficient (Wildman–Crippen LogP) is 3.55. The van der Waals surface area contributed by atoms with Crippen molar-refractivity contribution in [1.29, 1.82) is 0 Å². The number of likely N-dealkylation sites (tertiary alicyclic amines) is 1. The minimum absolute atomic E-state index is 0. The average molecular weight is 523 g/mol. The molecule has 1 saturated heterocycles. The second-order valence-corrected chi connectivity index (χ2v) is 6.91. The van der Waals surface area contributed by atoms with E-state index in [1.54, 1.807) is 19.2 Å². The molecule has 0 spiro atoms. The van der Waals surface area contributed by atoms with Crippen molar-refractivity contribution in [3.63, 3.8) is 0 Å². The van der Waals surface area contributed by atoms with Gasteiger partial charge < -0.3 is 24.4 Å². The average Bonchev–Trinajstić information content (AvgIpc) is 3.17. The molecule has 1 atom stereocenters. The number of hydrogen-bond acceptors (Lipinski definition) is 4. The van der Waals surface area contributed by atoms with Gasteiger partial charge in [-0.3, -0.25) is 4.99 Å². The molecule has 29 heavy (non-hydrogen) atoms. The Balaban J connectivity index is 0.00000420. The number of unbranched alkanes of at least 4 members (excludes halogenated alkanes) is 1. The number of benzene rings is 1. The van der Waals surface area contributed by atoms with Crippen molar-refractivity contribution in [3.8, 4) is 5.75 Å². The van der Waals surface area contributed by atoms with Gasteiger partial charge in [0, 0.05) is 39.2 Å². The van der Waals surface area contributed by atoms with E-state index in [9.17, 15) is 4.39 Å². The lowest BCUT2D eigenvalue weighted by Gasteiger charge is -2.21. The summed E-state index contributed by atoms with van der Waals surface area (Å²) in [5.74, 6) is 1.99. The molecule has 1 aliphatic rings. The topological polar surface area (TPSA) is 55.3 Å².